The van der Waals surface area contributed by atoms with Gasteiger partial charge in [0, 0.05) is 42.7 Å². The zero-order chi connectivity index (χ0) is 26.4. The fourth-order valence-electron chi connectivity index (χ4n) is 2.01. The fourth-order valence-corrected chi connectivity index (χ4v) is 4.20. The van der Waals surface area contributed by atoms with Crippen LogP contribution in [-0.2, 0) is 27.2 Å². The van der Waals surface area contributed by atoms with Gasteiger partial charge in [-0.1, -0.05) is 24.4 Å². The number of carbonyl (C=O) groups is 2. The third-order valence-corrected chi connectivity index (χ3v) is 7.34. The molecule has 1 atom stereocenters. The molecule has 34 heavy (non-hydrogen) atoms. The number of nitrogens with zero attached hydrogens (tertiary/aromatic N) is 2. The second kappa shape index (κ2) is 16.9. The minimum atomic E-state index is -0.705. The number of thiocarbonyl (C=S) groups is 2. The van der Waals surface area contributed by atoms with Crippen molar-refractivity contribution in [2.24, 2.45) is 11.5 Å². The molecule has 1 unspecified atom stereocenters. The van der Waals surface area contributed by atoms with Gasteiger partial charge in [-0.25, -0.2) is 9.97 Å². The molecule has 6 N–H and O–H groups in total. The molecule has 9 nitrogen and oxygen atoms in total. The van der Waals surface area contributed by atoms with Gasteiger partial charge in [-0.15, -0.1) is 34.3 Å². The number of hydrogen-bond acceptors (Lipinski definition) is 11. The highest BCUT2D eigenvalue weighted by Gasteiger charge is 2.14. The number of ether oxygens (including phenoxy) is 1. The summed E-state index contributed by atoms with van der Waals surface area (Å²) in [5.41, 5.74) is 11.7. The average molecular weight is 569 g/mol. The van der Waals surface area contributed by atoms with Gasteiger partial charge in [0.2, 0.25) is 0 Å². The monoisotopic (exact) mass is 568 g/mol. The van der Waals surface area contributed by atoms with E-state index in [4.69, 9.17) is 33.3 Å². The Hall–Kier alpha value is -1.61. The van der Waals surface area contributed by atoms with Crippen LogP contribution in [0.4, 0.5) is 0 Å². The van der Waals surface area contributed by atoms with Crippen LogP contribution in [0.5, 0.6) is 0 Å². The average Bonchev–Trinajstić information content (AvgIpc) is 3.30. The summed E-state index contributed by atoms with van der Waals surface area (Å²) in [4.78, 5) is 32.1. The van der Waals surface area contributed by atoms with Crippen LogP contribution in [0.1, 0.15) is 35.0 Å². The molecule has 0 aromatic carbocycles. The predicted molar refractivity (Wildman–Crippen MR) is 145 cm³/mol. The van der Waals surface area contributed by atoms with Crippen molar-refractivity contribution in [3.63, 3.8) is 0 Å². The number of alkyl halides is 1. The third kappa shape index (κ3) is 12.7. The molecule has 0 radical (unpaired) electrons. The predicted octanol–water partition coefficient (Wildman–Crippen LogP) is 2.26. The summed E-state index contributed by atoms with van der Waals surface area (Å²) in [6.07, 6.45) is 1.30. The summed E-state index contributed by atoms with van der Waals surface area (Å²) in [5.74, 6) is -0.616. The van der Waals surface area contributed by atoms with Crippen molar-refractivity contribution in [2.75, 3.05) is 19.8 Å². The highest BCUT2D eigenvalue weighted by molar-refractivity contribution is 7.89. The number of aryl methyl sites for hydroxylation is 2. The highest BCUT2D eigenvalue weighted by atomic mass is 35.5. The molecule has 0 fully saturated rings. The van der Waals surface area contributed by atoms with E-state index in [1.165, 1.54) is 13.8 Å². The number of hydrogen-bond donors (Lipinski definition) is 4. The number of esters is 1. The molecule has 2 heterocycles. The van der Waals surface area contributed by atoms with Gasteiger partial charge in [-0.3, -0.25) is 9.59 Å². The van der Waals surface area contributed by atoms with Crippen LogP contribution in [0, 0.1) is 13.8 Å². The Morgan fingerprint density at radius 3 is 1.62 bits per heavy atom. The first kappa shape index (κ1) is 32.4. The van der Waals surface area contributed by atoms with E-state index < -0.39 is 11.3 Å². The molecular weight excluding hydrogens is 540 g/mol. The zero-order valence-corrected chi connectivity index (χ0v) is 23.3. The lowest BCUT2D eigenvalue weighted by Gasteiger charge is -2.03. The highest BCUT2D eigenvalue weighted by Crippen LogP contribution is 2.32. The van der Waals surface area contributed by atoms with Crippen molar-refractivity contribution in [3.8, 4) is 10.0 Å². The second-order valence-electron chi connectivity index (χ2n) is 6.61. The van der Waals surface area contributed by atoms with Crippen LogP contribution in [0.2, 0.25) is 0 Å². The van der Waals surface area contributed by atoms with Gasteiger partial charge in [0.1, 0.15) is 22.0 Å². The third-order valence-electron chi connectivity index (χ3n) is 3.76. The Bertz CT molecular complexity index is 920. The Labute approximate surface area is 222 Å². The number of ketones is 1. The van der Waals surface area contributed by atoms with Gasteiger partial charge in [-0.05, 0) is 20.8 Å². The van der Waals surface area contributed by atoms with E-state index in [2.05, 4.69) is 39.1 Å². The van der Waals surface area contributed by atoms with E-state index >= 15 is 0 Å². The molecule has 0 amide bonds. The van der Waals surface area contributed by atoms with E-state index in [-0.39, 0.29) is 35.6 Å². The lowest BCUT2D eigenvalue weighted by Crippen LogP contribution is -2.26. The fraction of sp³-hybridized carbons (Fsp3) is 0.500. The van der Waals surface area contributed by atoms with Crippen LogP contribution >= 0.6 is 58.7 Å². The van der Waals surface area contributed by atoms with Gasteiger partial charge < -0.3 is 26.4 Å². The number of aromatic nitrogens is 2. The lowest BCUT2D eigenvalue weighted by atomic mass is 10.3. The van der Waals surface area contributed by atoms with Gasteiger partial charge in [0.15, 0.2) is 15.8 Å². The van der Waals surface area contributed by atoms with Crippen molar-refractivity contribution in [1.29, 1.82) is 0 Å². The van der Waals surface area contributed by atoms with E-state index in [1.54, 1.807) is 22.7 Å². The summed E-state index contributed by atoms with van der Waals surface area (Å²) in [5, 5.41) is 19.1. The van der Waals surface area contributed by atoms with Crippen molar-refractivity contribution >= 4 is 80.4 Å². The molecule has 0 aliphatic heterocycles. The summed E-state index contributed by atoms with van der Waals surface area (Å²) in [6, 6.07) is 0. The van der Waals surface area contributed by atoms with E-state index in [1.807, 2.05) is 13.8 Å². The largest absolute Gasteiger partial charge is 0.464 e. The SMILES string of the molecule is CC(=O)OCC(Cl)C(C)=O.Cc1nc(-c2nc(C)c(CCO)s2)sc1CCO.NC(=S)C(N)=S. The normalized spacial score (nSPS) is 10.8. The molecule has 0 bridgehead atoms. The van der Waals surface area contributed by atoms with Crippen LogP contribution in [0.3, 0.4) is 0 Å². The van der Waals surface area contributed by atoms with Crippen LogP contribution < -0.4 is 11.5 Å². The molecule has 2 rings (SSSR count). The number of nitrogens with two attached hydrogens (primary N) is 2. The smallest absolute Gasteiger partial charge is 0.302 e. The van der Waals surface area contributed by atoms with Gasteiger partial charge in [-0.2, -0.15) is 0 Å². The Morgan fingerprint density at radius 2 is 1.35 bits per heavy atom. The van der Waals surface area contributed by atoms with Crippen LogP contribution in [0.15, 0.2) is 0 Å². The van der Waals surface area contributed by atoms with E-state index in [0.29, 0.717) is 12.8 Å². The molecule has 2 aromatic heterocycles. The molecule has 0 aliphatic rings. The summed E-state index contributed by atoms with van der Waals surface area (Å²) in [6.45, 7) is 6.79. The maximum absolute atomic E-state index is 10.4. The van der Waals surface area contributed by atoms with Gasteiger partial charge in [0.05, 0.1) is 11.4 Å². The Balaban J connectivity index is 0.000000575. The van der Waals surface area contributed by atoms with Crippen molar-refractivity contribution in [1.82, 2.24) is 9.97 Å². The van der Waals surface area contributed by atoms with Crippen LogP contribution in [-0.4, -0.2) is 67.1 Å². The van der Waals surface area contributed by atoms with E-state index in [9.17, 15) is 9.59 Å². The maximum Gasteiger partial charge on any atom is 0.302 e. The molecule has 0 saturated carbocycles. The zero-order valence-electron chi connectivity index (χ0n) is 19.3. The summed E-state index contributed by atoms with van der Waals surface area (Å²) < 4.78 is 4.47. The lowest BCUT2D eigenvalue weighted by molar-refractivity contribution is -0.141. The first-order valence-corrected chi connectivity index (χ1v) is 12.7. The quantitative estimate of drug-likeness (QED) is 0.210. The Kier molecular flexibility index (Phi) is 16.1. The number of aliphatic hydroxyl groups is 2. The molecule has 0 saturated heterocycles. The maximum atomic E-state index is 10.4. The number of halogens is 1. The Morgan fingerprint density at radius 1 is 0.971 bits per heavy atom. The second-order valence-corrected chi connectivity index (χ2v) is 10.2. The van der Waals surface area contributed by atoms with Crippen molar-refractivity contribution in [2.45, 2.75) is 45.9 Å². The standard InChI is InChI=1S/C12H16N2O2S2.C6H9ClO3.C2H4N2S2/c1-7-9(3-5-15)17-11(13-7)12-14-8(2)10(18-12)4-6-16;1-4(8)6(7)3-10-5(2)9;3-1(5)2(4)6/h15-16H,3-6H2,1-2H3;6H,3H2,1-2H3;(H2,3,5)(H2,4,6). The molecular formula is C20H29ClN4O5S4. The number of thiazole rings is 2. The molecule has 0 aliphatic carbocycles. The van der Waals surface area contributed by atoms with E-state index in [0.717, 1.165) is 31.2 Å². The number of rotatable bonds is 8. The number of aliphatic hydroxyl groups excluding tert-OH is 2. The summed E-state index contributed by atoms with van der Waals surface area (Å²) in [7, 11) is 0. The summed E-state index contributed by atoms with van der Waals surface area (Å²) >= 11 is 17.3. The topological polar surface area (TPSA) is 162 Å². The number of Topliss-reactive ketones (excluding diaryl/α,β-unsaturated/α-hetero) is 1. The van der Waals surface area contributed by atoms with Crippen LogP contribution in [0.25, 0.3) is 10.0 Å². The minimum absolute atomic E-state index is 0.0355. The molecule has 14 heteroatoms. The van der Waals surface area contributed by atoms with Gasteiger partial charge in [0.25, 0.3) is 0 Å². The molecule has 2 aromatic rings. The first-order chi connectivity index (χ1) is 15.8. The first-order valence-electron chi connectivity index (χ1n) is 9.85. The van der Waals surface area contributed by atoms with Crippen molar-refractivity contribution < 1.29 is 24.5 Å². The van der Waals surface area contributed by atoms with Crippen molar-refractivity contribution in [3.05, 3.63) is 21.1 Å². The minimum Gasteiger partial charge on any atom is -0.464 e. The van der Waals surface area contributed by atoms with Gasteiger partial charge >= 0.3 is 5.97 Å². The molecule has 0 spiro atoms. The number of carbonyl (C=O) groups excluding carboxylic acids is 2. The molecule has 190 valence electrons.